The molecule has 0 radical (unpaired) electrons. The zero-order valence-electron chi connectivity index (χ0n) is 74.3. The standard InChI is InChI=1S/5C19H15N3O3S.C3H7NO/c5*1-12-3-7-15(25-12)11-16-18(23)22-19(26-16)20-17(21-22)10-6-13-4-8-14(24-2)9-5-13;1-4(2)3-5/h5*3-11H,1-2H3;3H,1-2H3/b5*10-6+,16-11-;. The minimum Gasteiger partial charge on any atom is -0.497 e. The maximum absolute atomic E-state index is 12.5. The van der Waals surface area contributed by atoms with Crippen molar-refractivity contribution in [2.75, 3.05) is 49.6 Å². The van der Waals surface area contributed by atoms with Crippen LogP contribution in [0.5, 0.6) is 28.7 Å². The highest BCUT2D eigenvalue weighted by atomic mass is 32.1. The van der Waals surface area contributed by atoms with Crippen molar-refractivity contribution in [2.45, 2.75) is 34.6 Å². The molecule has 0 aliphatic carbocycles. The van der Waals surface area contributed by atoms with Gasteiger partial charge in [0.05, 0.1) is 35.5 Å². The Kier molecular flexibility index (Phi) is 29.7. The molecule has 0 saturated heterocycles. The van der Waals surface area contributed by atoms with Crippen molar-refractivity contribution in [2.24, 2.45) is 0 Å². The Hall–Kier alpha value is -16.5. The predicted octanol–water partition coefficient (Wildman–Crippen LogP) is 13.6. The summed E-state index contributed by atoms with van der Waals surface area (Å²) < 4.78 is 62.4. The van der Waals surface area contributed by atoms with E-state index < -0.39 is 0 Å². The number of carbonyl (C=O) groups excluding carboxylic acids is 1. The van der Waals surface area contributed by atoms with Crippen molar-refractivity contribution in [3.63, 3.8) is 0 Å². The molecule has 0 aliphatic rings. The minimum atomic E-state index is -0.198. The topological polar surface area (TPSA) is 368 Å². The number of thiazole rings is 5. The fourth-order valence-corrected chi connectivity index (χ4v) is 16.8. The summed E-state index contributed by atoms with van der Waals surface area (Å²) in [7, 11) is 11.5. The van der Waals surface area contributed by atoms with Gasteiger partial charge < -0.3 is 50.7 Å². The van der Waals surface area contributed by atoms with E-state index in [-0.39, 0.29) is 27.8 Å². The first-order valence-electron chi connectivity index (χ1n) is 41.0. The van der Waals surface area contributed by atoms with E-state index in [1.165, 1.54) is 84.2 Å². The van der Waals surface area contributed by atoms with Gasteiger partial charge in [-0.1, -0.05) is 148 Å². The number of rotatable bonds is 21. The number of aromatic nitrogens is 15. The Labute approximate surface area is 786 Å². The van der Waals surface area contributed by atoms with Gasteiger partial charge in [-0.25, -0.2) is 0 Å². The third kappa shape index (κ3) is 24.0. The third-order valence-electron chi connectivity index (χ3n) is 19.1. The number of amides is 1. The van der Waals surface area contributed by atoms with Crippen LogP contribution in [-0.4, -0.2) is 134 Å². The zero-order valence-corrected chi connectivity index (χ0v) is 78.4. The van der Waals surface area contributed by atoms with Crippen LogP contribution in [0.15, 0.2) is 228 Å². The summed E-state index contributed by atoms with van der Waals surface area (Å²) in [5.74, 6) is 13.7. The first-order chi connectivity index (χ1) is 65.4. The van der Waals surface area contributed by atoms with E-state index in [9.17, 15) is 28.8 Å². The van der Waals surface area contributed by atoms with E-state index in [2.05, 4.69) is 50.4 Å². The molecular weight excluding hydrogens is 1820 g/mol. The molecule has 20 aromatic rings. The van der Waals surface area contributed by atoms with Crippen LogP contribution in [0.2, 0.25) is 0 Å². The minimum absolute atomic E-state index is 0.198. The number of benzene rings is 5. The van der Waals surface area contributed by atoms with Crippen LogP contribution in [0, 0.1) is 34.6 Å². The fraction of sp³-hybridized carbons (Fsp3) is 0.122. The molecule has 0 bridgehead atoms. The molecule has 0 N–H and O–H groups in total. The number of ether oxygens (including phenoxy) is 5. The molecule has 0 fully saturated rings. The monoisotopic (exact) mass is 1900 g/mol. The molecule has 0 atom stereocenters. The SMILES string of the molecule is CN(C)C=O.COc1ccc(/C=C/c2nc3s/c(=C\c4ccc(C)o4)c(=O)n3n2)cc1.COc1ccc(/C=C/c2nc3s/c(=C\c4ccc(C)o4)c(=O)n3n2)cc1.COc1ccc(/C=C/c2nc3s/c(=C\c4ccc(C)o4)c(=O)n3n2)cc1.COc1ccc(/C=C/c2nc3s/c(=C\c4ccc(C)o4)c(=O)n3n2)cc1.COc1ccc(/C=C/c2nc3s/c(=C\c4ccc(C)o4)c(=O)n3n2)cc1. The smallest absolute Gasteiger partial charge is 0.291 e. The number of carbonyl (C=O) groups is 1. The van der Waals surface area contributed by atoms with Gasteiger partial charge in [0.1, 0.15) is 109 Å². The average molecular weight is 1900 g/mol. The molecule has 0 aliphatic heterocycles. The lowest BCUT2D eigenvalue weighted by molar-refractivity contribution is -0.115. The quantitative estimate of drug-likeness (QED) is 0.0603. The van der Waals surface area contributed by atoms with Crippen molar-refractivity contribution in [3.05, 3.63) is 371 Å². The summed E-state index contributed by atoms with van der Waals surface area (Å²) >= 11 is 6.43. The predicted molar refractivity (Wildman–Crippen MR) is 526 cm³/mol. The molecule has 32 nitrogen and oxygen atoms in total. The molecule has 0 unspecified atom stereocenters. The average Bonchev–Trinajstić information content (AvgIpc) is 1.66. The van der Waals surface area contributed by atoms with Crippen molar-refractivity contribution in [1.82, 2.24) is 77.9 Å². The van der Waals surface area contributed by atoms with Crippen molar-refractivity contribution >= 4 is 179 Å². The van der Waals surface area contributed by atoms with E-state index in [4.69, 9.17) is 45.8 Å². The van der Waals surface area contributed by atoms with E-state index in [0.29, 0.717) is 105 Å². The molecule has 15 heterocycles. The van der Waals surface area contributed by atoms with E-state index >= 15 is 0 Å². The lowest BCUT2D eigenvalue weighted by Crippen LogP contribution is -2.23. The Balaban J connectivity index is 0.000000127. The molecule has 680 valence electrons. The summed E-state index contributed by atoms with van der Waals surface area (Å²) in [5.41, 5.74) is 3.98. The normalized spacial score (nSPS) is 12.3. The first kappa shape index (κ1) is 93.2. The molecule has 0 saturated carbocycles. The molecular formula is C98H82N16O16S5. The molecule has 15 aromatic heterocycles. The van der Waals surface area contributed by atoms with Crippen LogP contribution < -0.4 is 74.1 Å². The van der Waals surface area contributed by atoms with Crippen LogP contribution >= 0.6 is 56.7 Å². The second-order valence-electron chi connectivity index (χ2n) is 29.2. The summed E-state index contributed by atoms with van der Waals surface area (Å²) in [6.45, 7) is 9.30. The van der Waals surface area contributed by atoms with E-state index in [1.54, 1.807) is 110 Å². The summed E-state index contributed by atoms with van der Waals surface area (Å²) in [6, 6.07) is 56.6. The Morgan fingerprint density at radius 3 is 0.548 bits per heavy atom. The van der Waals surface area contributed by atoms with Gasteiger partial charge in [0, 0.05) is 44.5 Å². The van der Waals surface area contributed by atoms with E-state index in [1.807, 2.05) is 247 Å². The maximum atomic E-state index is 12.5. The molecule has 5 aromatic carbocycles. The van der Waals surface area contributed by atoms with Crippen LogP contribution in [0.4, 0.5) is 0 Å². The second-order valence-corrected chi connectivity index (χ2v) is 34.3. The number of fused-ring (bicyclic) bond motifs is 5. The highest BCUT2D eigenvalue weighted by molar-refractivity contribution is 7.16. The second kappa shape index (κ2) is 43.0. The van der Waals surface area contributed by atoms with Crippen LogP contribution in [-0.2, 0) is 4.79 Å². The van der Waals surface area contributed by atoms with Crippen LogP contribution in [0.3, 0.4) is 0 Å². The van der Waals surface area contributed by atoms with Gasteiger partial charge in [-0.3, -0.25) is 28.8 Å². The molecule has 20 rings (SSSR count). The third-order valence-corrected chi connectivity index (χ3v) is 23.9. The first-order valence-corrected chi connectivity index (χ1v) is 45.1. The number of furan rings is 5. The van der Waals surface area contributed by atoms with Gasteiger partial charge in [0.15, 0.2) is 29.1 Å². The maximum Gasteiger partial charge on any atom is 0.291 e. The molecule has 1 amide bonds. The molecule has 37 heteroatoms. The summed E-state index contributed by atoms with van der Waals surface area (Å²) in [6.07, 6.45) is 27.7. The largest absolute Gasteiger partial charge is 0.497 e. The van der Waals surface area contributed by atoms with Gasteiger partial charge in [-0.15, -0.1) is 25.5 Å². The fourth-order valence-electron chi connectivity index (χ4n) is 12.3. The van der Waals surface area contributed by atoms with Gasteiger partial charge in [-0.2, -0.15) is 47.5 Å². The van der Waals surface area contributed by atoms with Gasteiger partial charge in [-0.05, 0) is 214 Å². The Bertz CT molecular complexity index is 7240. The number of nitrogens with zero attached hydrogens (tertiary/aromatic N) is 16. The zero-order chi connectivity index (χ0) is 94.8. The summed E-state index contributed by atoms with van der Waals surface area (Å²) in [5, 5.41) is 21.3. The molecule has 0 spiro atoms. The highest BCUT2D eigenvalue weighted by Crippen LogP contribution is 2.22. The van der Waals surface area contributed by atoms with Crippen molar-refractivity contribution < 1.29 is 50.6 Å². The number of methoxy groups -OCH3 is 5. The van der Waals surface area contributed by atoms with Gasteiger partial charge in [0.2, 0.25) is 31.2 Å². The van der Waals surface area contributed by atoms with Gasteiger partial charge >= 0.3 is 0 Å². The lowest BCUT2D eigenvalue weighted by Gasteiger charge is -1.98. The number of hydrogen-bond donors (Lipinski definition) is 0. The highest BCUT2D eigenvalue weighted by Gasteiger charge is 2.17. The van der Waals surface area contributed by atoms with Crippen LogP contribution in [0.1, 0.15) is 115 Å². The van der Waals surface area contributed by atoms with Gasteiger partial charge in [0.25, 0.3) is 27.8 Å². The number of aryl methyl sites for hydroxylation is 5. The Morgan fingerprint density at radius 1 is 0.259 bits per heavy atom. The number of hydrogen-bond acceptors (Lipinski definition) is 31. The summed E-state index contributed by atoms with van der Waals surface area (Å²) in [4.78, 5) is 97.9. The van der Waals surface area contributed by atoms with Crippen molar-refractivity contribution in [1.29, 1.82) is 0 Å². The van der Waals surface area contributed by atoms with Crippen LogP contribution in [0.25, 0.3) is 116 Å². The Morgan fingerprint density at radius 2 is 0.422 bits per heavy atom. The van der Waals surface area contributed by atoms with Crippen molar-refractivity contribution in [3.8, 4) is 28.7 Å². The van der Waals surface area contributed by atoms with E-state index in [0.717, 1.165) is 91.8 Å². The molecule has 135 heavy (non-hydrogen) atoms. The lowest BCUT2D eigenvalue weighted by atomic mass is 10.2.